The van der Waals surface area contributed by atoms with Crippen LogP contribution in [0.2, 0.25) is 0 Å². The van der Waals surface area contributed by atoms with E-state index >= 15 is 0 Å². The molecule has 4 heteroatoms. The fourth-order valence-corrected chi connectivity index (χ4v) is 2.11. The lowest BCUT2D eigenvalue weighted by Crippen LogP contribution is -2.36. The molecule has 19 heavy (non-hydrogen) atoms. The van der Waals surface area contributed by atoms with Crippen molar-refractivity contribution in [2.24, 2.45) is 0 Å². The van der Waals surface area contributed by atoms with E-state index in [4.69, 9.17) is 4.74 Å². The van der Waals surface area contributed by atoms with Crippen molar-refractivity contribution in [2.75, 3.05) is 25.2 Å². The van der Waals surface area contributed by atoms with Gasteiger partial charge in [-0.1, -0.05) is 6.92 Å². The Labute approximate surface area is 115 Å². The summed E-state index contributed by atoms with van der Waals surface area (Å²) in [6.45, 7) is 7.20. The van der Waals surface area contributed by atoms with Crippen LogP contribution in [0.1, 0.15) is 38.9 Å². The highest BCUT2D eigenvalue weighted by molar-refractivity contribution is 5.55. The predicted molar refractivity (Wildman–Crippen MR) is 76.0 cm³/mol. The first-order valence-corrected chi connectivity index (χ1v) is 6.74. The number of rotatable bonds is 7. The Bertz CT molecular complexity index is 396. The van der Waals surface area contributed by atoms with E-state index in [0.29, 0.717) is 18.2 Å². The van der Waals surface area contributed by atoms with Crippen LogP contribution in [0.4, 0.5) is 10.1 Å². The molecule has 1 N–H and O–H groups in total. The number of hydrogen-bond acceptors (Lipinski definition) is 3. The van der Waals surface area contributed by atoms with Crippen molar-refractivity contribution < 1.29 is 14.2 Å². The maximum Gasteiger partial charge on any atom is 0.123 e. The van der Waals surface area contributed by atoms with Gasteiger partial charge in [0.05, 0.1) is 12.7 Å². The summed E-state index contributed by atoms with van der Waals surface area (Å²) in [4.78, 5) is 2.16. The monoisotopic (exact) mass is 269 g/mol. The summed E-state index contributed by atoms with van der Waals surface area (Å²) < 4.78 is 18.5. The van der Waals surface area contributed by atoms with Crippen LogP contribution in [-0.4, -0.2) is 31.4 Å². The highest BCUT2D eigenvalue weighted by atomic mass is 19.1. The SMILES string of the molecule is CCC(C)N(CCOC)c1ccc(F)cc1[C@H](C)O. The molecule has 108 valence electrons. The third-order valence-electron chi connectivity index (χ3n) is 3.41. The second-order valence-electron chi connectivity index (χ2n) is 4.82. The smallest absolute Gasteiger partial charge is 0.123 e. The lowest BCUT2D eigenvalue weighted by molar-refractivity contribution is 0.196. The zero-order chi connectivity index (χ0) is 14.4. The van der Waals surface area contributed by atoms with Gasteiger partial charge in [-0.2, -0.15) is 0 Å². The number of ether oxygens (including phenoxy) is 1. The predicted octanol–water partition coefficient (Wildman–Crippen LogP) is 3.13. The van der Waals surface area contributed by atoms with E-state index < -0.39 is 6.10 Å². The van der Waals surface area contributed by atoms with Crippen LogP contribution < -0.4 is 4.90 Å². The summed E-state index contributed by atoms with van der Waals surface area (Å²) in [5.74, 6) is -0.324. The minimum absolute atomic E-state index is 0.304. The van der Waals surface area contributed by atoms with Gasteiger partial charge in [-0.15, -0.1) is 0 Å². The second kappa shape index (κ2) is 7.46. The number of halogens is 1. The molecule has 0 saturated heterocycles. The number of aliphatic hydroxyl groups is 1. The van der Waals surface area contributed by atoms with Crippen LogP contribution in [0.25, 0.3) is 0 Å². The van der Waals surface area contributed by atoms with Gasteiger partial charge in [0.15, 0.2) is 0 Å². The minimum atomic E-state index is -0.695. The number of benzene rings is 1. The van der Waals surface area contributed by atoms with Crippen molar-refractivity contribution in [1.82, 2.24) is 0 Å². The summed E-state index contributed by atoms with van der Waals surface area (Å²) in [7, 11) is 1.66. The van der Waals surface area contributed by atoms with Crippen molar-refractivity contribution in [3.63, 3.8) is 0 Å². The number of anilines is 1. The van der Waals surface area contributed by atoms with E-state index in [1.165, 1.54) is 12.1 Å². The topological polar surface area (TPSA) is 32.7 Å². The Morgan fingerprint density at radius 3 is 2.58 bits per heavy atom. The van der Waals surface area contributed by atoms with Crippen LogP contribution >= 0.6 is 0 Å². The van der Waals surface area contributed by atoms with Gasteiger partial charge in [-0.25, -0.2) is 4.39 Å². The Balaban J connectivity index is 3.13. The van der Waals surface area contributed by atoms with Crippen LogP contribution in [-0.2, 0) is 4.74 Å². The third kappa shape index (κ3) is 4.18. The first-order chi connectivity index (χ1) is 9.01. The van der Waals surface area contributed by atoms with Gasteiger partial charge in [0, 0.05) is 30.9 Å². The van der Waals surface area contributed by atoms with E-state index in [9.17, 15) is 9.50 Å². The summed E-state index contributed by atoms with van der Waals surface area (Å²) in [6, 6.07) is 4.88. The molecule has 0 aliphatic heterocycles. The Kier molecular flexibility index (Phi) is 6.25. The molecule has 0 saturated carbocycles. The maximum atomic E-state index is 13.4. The van der Waals surface area contributed by atoms with Gasteiger partial charge < -0.3 is 14.7 Å². The molecule has 0 radical (unpaired) electrons. The third-order valence-corrected chi connectivity index (χ3v) is 3.41. The molecule has 1 aromatic rings. The first kappa shape index (κ1) is 15.9. The Morgan fingerprint density at radius 2 is 2.05 bits per heavy atom. The van der Waals surface area contributed by atoms with Crippen molar-refractivity contribution in [1.29, 1.82) is 0 Å². The van der Waals surface area contributed by atoms with Crippen LogP contribution in [0, 0.1) is 5.82 Å². The summed E-state index contributed by atoms with van der Waals surface area (Å²) in [5.41, 5.74) is 1.50. The van der Waals surface area contributed by atoms with Gasteiger partial charge in [0.1, 0.15) is 5.82 Å². The summed E-state index contributed by atoms with van der Waals surface area (Å²) in [5, 5.41) is 9.83. The molecular weight excluding hydrogens is 245 g/mol. The van der Waals surface area contributed by atoms with Crippen molar-refractivity contribution >= 4 is 5.69 Å². The molecule has 0 amide bonds. The fraction of sp³-hybridized carbons (Fsp3) is 0.600. The normalized spacial score (nSPS) is 14.2. The molecule has 1 aromatic carbocycles. The standard InChI is InChI=1S/C15H24FNO2/c1-5-11(2)17(8-9-19-4)15-7-6-13(16)10-14(15)12(3)18/h6-7,10-12,18H,5,8-9H2,1-4H3/t11?,12-/m0/s1. The van der Waals surface area contributed by atoms with Crippen LogP contribution in [0.5, 0.6) is 0 Å². The second-order valence-corrected chi connectivity index (χ2v) is 4.82. The number of methoxy groups -OCH3 is 1. The number of nitrogens with zero attached hydrogens (tertiary/aromatic N) is 1. The molecule has 0 bridgehead atoms. The van der Waals surface area contributed by atoms with Crippen molar-refractivity contribution in [3.8, 4) is 0 Å². The van der Waals surface area contributed by atoms with Gasteiger partial charge in [0.25, 0.3) is 0 Å². The lowest BCUT2D eigenvalue weighted by Gasteiger charge is -2.33. The average molecular weight is 269 g/mol. The molecule has 2 atom stereocenters. The number of aliphatic hydroxyl groups excluding tert-OH is 1. The molecule has 0 aromatic heterocycles. The Hall–Kier alpha value is -1.13. The quantitative estimate of drug-likeness (QED) is 0.825. The Morgan fingerprint density at radius 1 is 1.37 bits per heavy atom. The van der Waals surface area contributed by atoms with Crippen molar-refractivity contribution in [2.45, 2.75) is 39.3 Å². The van der Waals surface area contributed by atoms with Gasteiger partial charge in [-0.3, -0.25) is 0 Å². The minimum Gasteiger partial charge on any atom is -0.389 e. The molecule has 0 spiro atoms. The molecule has 0 heterocycles. The molecule has 0 aliphatic rings. The highest BCUT2D eigenvalue weighted by Crippen LogP contribution is 2.29. The zero-order valence-corrected chi connectivity index (χ0v) is 12.2. The van der Waals surface area contributed by atoms with Crippen LogP contribution in [0.3, 0.4) is 0 Å². The van der Waals surface area contributed by atoms with Gasteiger partial charge >= 0.3 is 0 Å². The molecule has 3 nitrogen and oxygen atoms in total. The fourth-order valence-electron chi connectivity index (χ4n) is 2.11. The molecule has 0 fully saturated rings. The molecule has 0 aliphatic carbocycles. The molecule has 1 unspecified atom stereocenters. The van der Waals surface area contributed by atoms with E-state index in [0.717, 1.165) is 18.7 Å². The van der Waals surface area contributed by atoms with E-state index in [2.05, 4.69) is 18.7 Å². The zero-order valence-electron chi connectivity index (χ0n) is 12.2. The largest absolute Gasteiger partial charge is 0.389 e. The number of hydrogen-bond donors (Lipinski definition) is 1. The lowest BCUT2D eigenvalue weighted by atomic mass is 10.0. The van der Waals surface area contributed by atoms with E-state index in [1.54, 1.807) is 20.1 Å². The summed E-state index contributed by atoms with van der Waals surface area (Å²) in [6.07, 6.45) is 0.278. The van der Waals surface area contributed by atoms with Gasteiger partial charge in [0.2, 0.25) is 0 Å². The van der Waals surface area contributed by atoms with Crippen LogP contribution in [0.15, 0.2) is 18.2 Å². The first-order valence-electron chi connectivity index (χ1n) is 6.74. The van der Waals surface area contributed by atoms with E-state index in [-0.39, 0.29) is 5.82 Å². The van der Waals surface area contributed by atoms with Crippen molar-refractivity contribution in [3.05, 3.63) is 29.6 Å². The van der Waals surface area contributed by atoms with E-state index in [1.807, 2.05) is 0 Å². The molecular formula is C15H24FNO2. The van der Waals surface area contributed by atoms with Gasteiger partial charge in [-0.05, 0) is 38.5 Å². The average Bonchev–Trinajstić information content (AvgIpc) is 2.39. The maximum absolute atomic E-state index is 13.4. The highest BCUT2D eigenvalue weighted by Gasteiger charge is 2.18. The summed E-state index contributed by atoms with van der Waals surface area (Å²) >= 11 is 0. The molecule has 1 rings (SSSR count).